The fourth-order valence-corrected chi connectivity index (χ4v) is 5.01. The summed E-state index contributed by atoms with van der Waals surface area (Å²) in [7, 11) is -0.546. The van der Waals surface area contributed by atoms with Gasteiger partial charge in [0.1, 0.15) is 12.4 Å². The number of nitrogens with one attached hydrogen (secondary N) is 2. The summed E-state index contributed by atoms with van der Waals surface area (Å²) >= 11 is 8.63. The van der Waals surface area contributed by atoms with E-state index in [9.17, 15) is 13.2 Å². The van der Waals surface area contributed by atoms with Crippen molar-refractivity contribution in [2.24, 2.45) is 0 Å². The maximum Gasteiger partial charge on any atom is 0.257 e. The summed E-state index contributed by atoms with van der Waals surface area (Å²) in [6.45, 7) is 1.10. The molecule has 3 aromatic carbocycles. The molecule has 0 spiro atoms. The zero-order valence-corrected chi connectivity index (χ0v) is 23.0. The van der Waals surface area contributed by atoms with Gasteiger partial charge in [-0.25, -0.2) is 8.42 Å². The van der Waals surface area contributed by atoms with Crippen LogP contribution in [0.25, 0.3) is 0 Å². The average Bonchev–Trinajstić information content (AvgIpc) is 2.86. The van der Waals surface area contributed by atoms with Gasteiger partial charge >= 0.3 is 0 Å². The number of carbonyl (C=O) groups excluding carboxylic acids is 1. The van der Waals surface area contributed by atoms with Crippen LogP contribution in [0.5, 0.6) is 5.75 Å². The van der Waals surface area contributed by atoms with Gasteiger partial charge in [0.15, 0.2) is 5.11 Å². The van der Waals surface area contributed by atoms with Gasteiger partial charge in [-0.3, -0.25) is 10.1 Å². The second-order valence-electron chi connectivity index (χ2n) is 7.67. The quantitative estimate of drug-likeness (QED) is 0.266. The van der Waals surface area contributed by atoms with E-state index in [2.05, 4.69) is 26.6 Å². The molecule has 0 saturated carbocycles. The van der Waals surface area contributed by atoms with E-state index in [-0.39, 0.29) is 16.6 Å². The lowest BCUT2D eigenvalue weighted by atomic mass is 10.2. The molecule has 3 rings (SSSR count). The predicted molar refractivity (Wildman–Crippen MR) is 147 cm³/mol. The van der Waals surface area contributed by atoms with E-state index in [1.54, 1.807) is 37.4 Å². The Kier molecular flexibility index (Phi) is 9.97. The van der Waals surface area contributed by atoms with Crippen LogP contribution >= 0.6 is 28.1 Å². The monoisotopic (exact) mass is 591 g/mol. The largest absolute Gasteiger partial charge is 0.490 e. The van der Waals surface area contributed by atoms with Crippen molar-refractivity contribution in [1.82, 2.24) is 9.62 Å². The summed E-state index contributed by atoms with van der Waals surface area (Å²) in [5, 5.41) is 5.58. The van der Waals surface area contributed by atoms with Crippen LogP contribution in [0.4, 0.5) is 5.69 Å². The topological polar surface area (TPSA) is 97.0 Å². The molecule has 0 saturated heterocycles. The Hall–Kier alpha value is -2.83. The summed E-state index contributed by atoms with van der Waals surface area (Å²) < 4.78 is 38.2. The Morgan fingerprint density at radius 2 is 1.72 bits per heavy atom. The molecule has 11 heteroatoms. The lowest BCUT2D eigenvalue weighted by molar-refractivity contribution is 0.0977. The first kappa shape index (κ1) is 27.8. The minimum absolute atomic E-state index is 0.0772. The van der Waals surface area contributed by atoms with Gasteiger partial charge in [0.25, 0.3) is 5.91 Å². The first-order valence-corrected chi connectivity index (χ1v) is 13.5. The number of hydrogen-bond donors (Lipinski definition) is 2. The van der Waals surface area contributed by atoms with E-state index in [1.807, 2.05) is 30.3 Å². The lowest BCUT2D eigenvalue weighted by Crippen LogP contribution is -2.34. The zero-order chi connectivity index (χ0) is 26.1. The first-order valence-electron chi connectivity index (χ1n) is 10.8. The highest BCUT2D eigenvalue weighted by Crippen LogP contribution is 2.26. The Labute approximate surface area is 224 Å². The van der Waals surface area contributed by atoms with E-state index in [4.69, 9.17) is 21.7 Å². The molecule has 0 aliphatic rings. The van der Waals surface area contributed by atoms with Gasteiger partial charge in [0.2, 0.25) is 10.0 Å². The van der Waals surface area contributed by atoms with Gasteiger partial charge in [-0.05, 0) is 76.2 Å². The van der Waals surface area contributed by atoms with Crippen LogP contribution in [-0.2, 0) is 21.3 Å². The molecular formula is C25H26BrN3O5S2. The number of sulfonamides is 1. The molecule has 0 aliphatic heterocycles. The van der Waals surface area contributed by atoms with Crippen molar-refractivity contribution in [2.45, 2.75) is 11.4 Å². The third-order valence-corrected chi connectivity index (χ3v) is 7.68. The third-order valence-electron chi connectivity index (χ3n) is 5.03. The van der Waals surface area contributed by atoms with Crippen molar-refractivity contribution in [1.29, 1.82) is 0 Å². The minimum Gasteiger partial charge on any atom is -0.490 e. The van der Waals surface area contributed by atoms with Crippen LogP contribution in [0, 0.1) is 0 Å². The molecule has 0 radical (unpaired) electrons. The fourth-order valence-electron chi connectivity index (χ4n) is 3.15. The summed E-state index contributed by atoms with van der Waals surface area (Å²) in [5.41, 5.74) is 1.81. The highest BCUT2D eigenvalue weighted by Gasteiger charge is 2.21. The molecule has 3 aromatic rings. The molecule has 0 bridgehead atoms. The number of thiocarbonyl (C=S) groups is 1. The minimum atomic E-state index is -3.67. The second kappa shape index (κ2) is 12.9. The Balaban J connectivity index is 1.57. The number of benzene rings is 3. The molecule has 1 amide bonds. The van der Waals surface area contributed by atoms with Gasteiger partial charge in [0, 0.05) is 32.0 Å². The molecule has 0 fully saturated rings. The highest BCUT2D eigenvalue weighted by atomic mass is 79.9. The molecule has 0 aromatic heterocycles. The van der Waals surface area contributed by atoms with Crippen LogP contribution in [0.15, 0.2) is 82.2 Å². The molecular weight excluding hydrogens is 566 g/mol. The van der Waals surface area contributed by atoms with E-state index < -0.39 is 15.9 Å². The highest BCUT2D eigenvalue weighted by molar-refractivity contribution is 9.10. The standard InChI is InChI=1S/C25H26BrN3O5S2/c1-29(17-18-6-4-3-5-7-18)36(31,32)21-11-9-20(10-12-21)27-25(35)28-24(30)19-8-13-23(22(26)16-19)34-15-14-33-2/h3-13,16H,14-15,17H2,1-2H3,(H2,27,28,30,35). The van der Waals surface area contributed by atoms with Crippen LogP contribution < -0.4 is 15.4 Å². The normalized spacial score (nSPS) is 11.2. The van der Waals surface area contributed by atoms with Crippen molar-refractivity contribution in [3.05, 3.63) is 88.4 Å². The Morgan fingerprint density at radius 3 is 2.36 bits per heavy atom. The van der Waals surface area contributed by atoms with E-state index in [0.29, 0.717) is 34.7 Å². The van der Waals surface area contributed by atoms with Gasteiger partial charge in [0.05, 0.1) is 16.0 Å². The smallest absolute Gasteiger partial charge is 0.257 e. The summed E-state index contributed by atoms with van der Waals surface area (Å²) in [5.74, 6) is 0.187. The average molecular weight is 593 g/mol. The van der Waals surface area contributed by atoms with Gasteiger partial charge < -0.3 is 14.8 Å². The summed E-state index contributed by atoms with van der Waals surface area (Å²) in [6, 6.07) is 20.4. The van der Waals surface area contributed by atoms with Crippen LogP contribution in [0.1, 0.15) is 15.9 Å². The van der Waals surface area contributed by atoms with E-state index in [1.165, 1.54) is 23.5 Å². The van der Waals surface area contributed by atoms with Crippen molar-refractivity contribution in [3.63, 3.8) is 0 Å². The van der Waals surface area contributed by atoms with Crippen LogP contribution in [-0.4, -0.2) is 51.1 Å². The molecule has 0 atom stereocenters. The molecule has 8 nitrogen and oxygen atoms in total. The first-order chi connectivity index (χ1) is 17.2. The zero-order valence-electron chi connectivity index (χ0n) is 19.7. The molecule has 0 aliphatic carbocycles. The molecule has 0 heterocycles. The molecule has 0 unspecified atom stereocenters. The maximum atomic E-state index is 12.9. The number of amides is 1. The summed E-state index contributed by atoms with van der Waals surface area (Å²) in [4.78, 5) is 12.7. The van der Waals surface area contributed by atoms with Gasteiger partial charge in [-0.1, -0.05) is 30.3 Å². The number of rotatable bonds is 10. The number of carbonyl (C=O) groups is 1. The number of anilines is 1. The van der Waals surface area contributed by atoms with E-state index in [0.717, 1.165) is 5.56 Å². The van der Waals surface area contributed by atoms with Gasteiger partial charge in [-0.2, -0.15) is 4.31 Å². The van der Waals surface area contributed by atoms with E-state index >= 15 is 0 Å². The number of hydrogen-bond acceptors (Lipinski definition) is 6. The number of nitrogens with zero attached hydrogens (tertiary/aromatic N) is 1. The number of halogens is 1. The van der Waals surface area contributed by atoms with Crippen molar-refractivity contribution < 1.29 is 22.7 Å². The summed E-state index contributed by atoms with van der Waals surface area (Å²) in [6.07, 6.45) is 0. The number of methoxy groups -OCH3 is 1. The Bertz CT molecular complexity index is 1300. The third kappa shape index (κ3) is 7.58. The molecule has 2 N–H and O–H groups in total. The fraction of sp³-hybridized carbons (Fsp3) is 0.200. The molecule has 36 heavy (non-hydrogen) atoms. The SMILES string of the molecule is COCCOc1ccc(C(=O)NC(=S)Nc2ccc(S(=O)(=O)N(C)Cc3ccccc3)cc2)cc1Br. The molecule has 190 valence electrons. The van der Waals surface area contributed by atoms with Crippen molar-refractivity contribution in [2.75, 3.05) is 32.7 Å². The van der Waals surface area contributed by atoms with Crippen LogP contribution in [0.3, 0.4) is 0 Å². The van der Waals surface area contributed by atoms with Crippen molar-refractivity contribution >= 4 is 54.9 Å². The number of ether oxygens (including phenoxy) is 2. The lowest BCUT2D eigenvalue weighted by Gasteiger charge is -2.18. The van der Waals surface area contributed by atoms with Crippen LogP contribution in [0.2, 0.25) is 0 Å². The maximum absolute atomic E-state index is 12.9. The van der Waals surface area contributed by atoms with Crippen molar-refractivity contribution in [3.8, 4) is 5.75 Å². The Morgan fingerprint density at radius 1 is 1.03 bits per heavy atom. The predicted octanol–water partition coefficient (Wildman–Crippen LogP) is 4.42. The second-order valence-corrected chi connectivity index (χ2v) is 11.0. The van der Waals surface area contributed by atoms with Gasteiger partial charge in [-0.15, -0.1) is 0 Å².